The van der Waals surface area contributed by atoms with Crippen molar-refractivity contribution in [1.82, 2.24) is 4.98 Å². The fraction of sp³-hybridized carbons (Fsp3) is 0.158. The highest BCUT2D eigenvalue weighted by Crippen LogP contribution is 2.24. The van der Waals surface area contributed by atoms with Gasteiger partial charge >= 0.3 is 0 Å². The van der Waals surface area contributed by atoms with E-state index < -0.39 is 0 Å². The summed E-state index contributed by atoms with van der Waals surface area (Å²) in [7, 11) is 1.62. The number of rotatable bonds is 4. The van der Waals surface area contributed by atoms with Crippen molar-refractivity contribution in [2.24, 2.45) is 0 Å². The maximum atomic E-state index is 12.5. The van der Waals surface area contributed by atoms with Gasteiger partial charge in [0, 0.05) is 22.1 Å². The van der Waals surface area contributed by atoms with Gasteiger partial charge in [0.1, 0.15) is 0 Å². The lowest BCUT2D eigenvalue weighted by Crippen LogP contribution is -2.01. The summed E-state index contributed by atoms with van der Waals surface area (Å²) in [6.45, 7) is 2.07. The van der Waals surface area contributed by atoms with Crippen LogP contribution in [0.2, 0.25) is 0 Å². The highest BCUT2D eigenvalue weighted by Gasteiger charge is 2.11. The maximum Gasteiger partial charge on any atom is 0.216 e. The minimum Gasteiger partial charge on any atom is -0.481 e. The van der Waals surface area contributed by atoms with Gasteiger partial charge in [-0.3, -0.25) is 4.79 Å². The molecule has 0 aliphatic carbocycles. The van der Waals surface area contributed by atoms with Crippen LogP contribution in [0.15, 0.2) is 54.6 Å². The summed E-state index contributed by atoms with van der Waals surface area (Å²) in [6, 6.07) is 17.0. The van der Waals surface area contributed by atoms with Crippen LogP contribution < -0.4 is 4.74 Å². The number of aromatic nitrogens is 1. The highest BCUT2D eigenvalue weighted by molar-refractivity contribution is 6.10. The van der Waals surface area contributed by atoms with Crippen LogP contribution in [0, 0.1) is 0 Å². The molecule has 110 valence electrons. The van der Waals surface area contributed by atoms with Crippen LogP contribution >= 0.6 is 0 Å². The normalized spacial score (nSPS) is 10.6. The van der Waals surface area contributed by atoms with E-state index >= 15 is 0 Å². The Morgan fingerprint density at radius 2 is 1.82 bits per heavy atom. The first kappa shape index (κ1) is 14.3. The van der Waals surface area contributed by atoms with Crippen molar-refractivity contribution in [3.8, 4) is 5.88 Å². The molecule has 0 fully saturated rings. The largest absolute Gasteiger partial charge is 0.481 e. The number of methoxy groups -OCH3 is 1. The number of carbonyl (C=O) groups excluding carboxylic acids is 1. The molecule has 0 atom stereocenters. The van der Waals surface area contributed by atoms with E-state index in [2.05, 4.69) is 18.0 Å². The Bertz CT molecular complexity index is 825. The number of aryl methyl sites for hydroxylation is 1. The summed E-state index contributed by atoms with van der Waals surface area (Å²) >= 11 is 0. The van der Waals surface area contributed by atoms with Crippen LogP contribution in [-0.2, 0) is 6.42 Å². The number of hydrogen-bond donors (Lipinski definition) is 0. The molecule has 0 N–H and O–H groups in total. The molecule has 3 nitrogen and oxygen atoms in total. The van der Waals surface area contributed by atoms with Gasteiger partial charge in [0.2, 0.25) is 5.88 Å². The van der Waals surface area contributed by atoms with Gasteiger partial charge in [0.25, 0.3) is 0 Å². The zero-order valence-corrected chi connectivity index (χ0v) is 12.7. The number of benzene rings is 2. The molecule has 0 saturated heterocycles. The first-order valence-corrected chi connectivity index (χ1v) is 7.30. The predicted octanol–water partition coefficient (Wildman–Crippen LogP) is 4.04. The molecular formula is C19H17NO2. The molecule has 0 bridgehead atoms. The fourth-order valence-electron chi connectivity index (χ4n) is 2.52. The second-order valence-electron chi connectivity index (χ2n) is 5.11. The molecule has 0 amide bonds. The molecule has 0 radical (unpaired) electrons. The molecule has 0 spiro atoms. The highest BCUT2D eigenvalue weighted by atomic mass is 16.5. The molecule has 1 heterocycles. The standard InChI is InChI=1S/C19H17NO2/c1-3-13-11-15-9-10-16(12-17(15)20-19(13)22-2)18(21)14-7-5-4-6-8-14/h4-12H,3H2,1-2H3. The number of carbonyl (C=O) groups is 1. The fourth-order valence-corrected chi connectivity index (χ4v) is 2.52. The SMILES string of the molecule is CCc1cc2ccc(C(=O)c3ccccc3)cc2nc1OC. The van der Waals surface area contributed by atoms with E-state index in [9.17, 15) is 4.79 Å². The zero-order valence-electron chi connectivity index (χ0n) is 12.7. The van der Waals surface area contributed by atoms with Gasteiger partial charge in [0.15, 0.2) is 5.78 Å². The minimum absolute atomic E-state index is 0.00262. The number of ketones is 1. The van der Waals surface area contributed by atoms with E-state index in [1.165, 1.54) is 0 Å². The van der Waals surface area contributed by atoms with E-state index in [0.717, 1.165) is 22.9 Å². The number of pyridine rings is 1. The molecule has 3 aromatic rings. The van der Waals surface area contributed by atoms with Gasteiger partial charge in [-0.25, -0.2) is 4.98 Å². The quantitative estimate of drug-likeness (QED) is 0.681. The Kier molecular flexibility index (Phi) is 3.88. The van der Waals surface area contributed by atoms with Gasteiger partial charge in [-0.05, 0) is 18.6 Å². The Morgan fingerprint density at radius 1 is 1.05 bits per heavy atom. The molecule has 0 aliphatic rings. The zero-order chi connectivity index (χ0) is 15.5. The third-order valence-electron chi connectivity index (χ3n) is 3.73. The van der Waals surface area contributed by atoms with Crippen LogP contribution in [-0.4, -0.2) is 17.9 Å². The lowest BCUT2D eigenvalue weighted by molar-refractivity contribution is 0.103. The van der Waals surface area contributed by atoms with Gasteiger partial charge in [0.05, 0.1) is 12.6 Å². The van der Waals surface area contributed by atoms with Crippen LogP contribution in [0.25, 0.3) is 10.9 Å². The van der Waals surface area contributed by atoms with Crippen LogP contribution in [0.1, 0.15) is 28.4 Å². The summed E-state index contributed by atoms with van der Waals surface area (Å²) in [4.78, 5) is 17.0. The Morgan fingerprint density at radius 3 is 2.50 bits per heavy atom. The van der Waals surface area contributed by atoms with Gasteiger partial charge in [-0.2, -0.15) is 0 Å². The van der Waals surface area contributed by atoms with E-state index in [0.29, 0.717) is 17.0 Å². The Hall–Kier alpha value is -2.68. The van der Waals surface area contributed by atoms with Crippen molar-refractivity contribution in [3.63, 3.8) is 0 Å². The third-order valence-corrected chi connectivity index (χ3v) is 3.73. The molecule has 2 aromatic carbocycles. The minimum atomic E-state index is 0.00262. The van der Waals surface area contributed by atoms with Gasteiger partial charge in [-0.1, -0.05) is 49.4 Å². The second kappa shape index (κ2) is 5.98. The molecule has 0 saturated carbocycles. The van der Waals surface area contributed by atoms with Crippen molar-refractivity contribution in [2.45, 2.75) is 13.3 Å². The third kappa shape index (κ3) is 2.58. The van der Waals surface area contributed by atoms with Crippen molar-refractivity contribution in [2.75, 3.05) is 7.11 Å². The summed E-state index contributed by atoms with van der Waals surface area (Å²) < 4.78 is 5.33. The van der Waals surface area contributed by atoms with Crippen molar-refractivity contribution >= 4 is 16.7 Å². The van der Waals surface area contributed by atoms with Gasteiger partial charge in [-0.15, -0.1) is 0 Å². The number of ether oxygens (including phenoxy) is 1. The average Bonchev–Trinajstić information content (AvgIpc) is 2.60. The van der Waals surface area contributed by atoms with Gasteiger partial charge < -0.3 is 4.74 Å². The molecule has 1 aromatic heterocycles. The molecule has 22 heavy (non-hydrogen) atoms. The monoisotopic (exact) mass is 291 g/mol. The van der Waals surface area contributed by atoms with E-state index in [1.54, 1.807) is 7.11 Å². The van der Waals surface area contributed by atoms with E-state index in [-0.39, 0.29) is 5.78 Å². The Balaban J connectivity index is 2.08. The van der Waals surface area contributed by atoms with Crippen LogP contribution in [0.4, 0.5) is 0 Å². The number of nitrogens with zero attached hydrogens (tertiary/aromatic N) is 1. The van der Waals surface area contributed by atoms with Crippen molar-refractivity contribution in [1.29, 1.82) is 0 Å². The van der Waals surface area contributed by atoms with Crippen molar-refractivity contribution < 1.29 is 9.53 Å². The van der Waals surface area contributed by atoms with E-state index in [4.69, 9.17) is 4.74 Å². The summed E-state index contributed by atoms with van der Waals surface area (Å²) in [5.41, 5.74) is 3.16. The summed E-state index contributed by atoms with van der Waals surface area (Å²) in [5, 5.41) is 1.02. The second-order valence-corrected chi connectivity index (χ2v) is 5.11. The lowest BCUT2D eigenvalue weighted by atomic mass is 10.0. The Labute approximate surface area is 129 Å². The number of hydrogen-bond acceptors (Lipinski definition) is 3. The molecule has 3 heteroatoms. The molecule has 3 rings (SSSR count). The summed E-state index contributed by atoms with van der Waals surface area (Å²) in [6.07, 6.45) is 0.858. The molecule has 0 unspecified atom stereocenters. The maximum absolute atomic E-state index is 12.5. The topological polar surface area (TPSA) is 39.2 Å². The summed E-state index contributed by atoms with van der Waals surface area (Å²) in [5.74, 6) is 0.627. The van der Waals surface area contributed by atoms with Crippen molar-refractivity contribution in [3.05, 3.63) is 71.3 Å². The van der Waals surface area contributed by atoms with E-state index in [1.807, 2.05) is 48.5 Å². The molecular weight excluding hydrogens is 274 g/mol. The molecule has 0 aliphatic heterocycles. The number of fused-ring (bicyclic) bond motifs is 1. The lowest BCUT2D eigenvalue weighted by Gasteiger charge is -2.09. The smallest absolute Gasteiger partial charge is 0.216 e. The average molecular weight is 291 g/mol. The predicted molar refractivity (Wildman–Crippen MR) is 87.5 cm³/mol. The first-order valence-electron chi connectivity index (χ1n) is 7.30. The van der Waals surface area contributed by atoms with Crippen LogP contribution in [0.3, 0.4) is 0 Å². The van der Waals surface area contributed by atoms with Crippen LogP contribution in [0.5, 0.6) is 5.88 Å². The first-order chi connectivity index (χ1) is 10.7.